The van der Waals surface area contributed by atoms with Gasteiger partial charge in [0.05, 0.1) is 6.54 Å². The van der Waals surface area contributed by atoms with Gasteiger partial charge in [-0.05, 0) is 24.6 Å². The van der Waals surface area contributed by atoms with Crippen LogP contribution >= 0.6 is 24.0 Å². The van der Waals surface area contributed by atoms with Gasteiger partial charge in [0.2, 0.25) is 0 Å². The monoisotopic (exact) mass is 409 g/mol. The van der Waals surface area contributed by atoms with Crippen LogP contribution in [0.15, 0.2) is 59.6 Å². The second-order valence-corrected chi connectivity index (χ2v) is 5.95. The molecule has 0 aliphatic heterocycles. The highest BCUT2D eigenvalue weighted by molar-refractivity contribution is 14.0. The predicted molar refractivity (Wildman–Crippen MR) is 106 cm³/mol. The molecule has 2 aromatic rings. The van der Waals surface area contributed by atoms with E-state index in [0.717, 1.165) is 5.69 Å². The van der Waals surface area contributed by atoms with Crippen LogP contribution in [0.5, 0.6) is 0 Å². The quantitative estimate of drug-likeness (QED) is 0.449. The number of rotatable bonds is 4. The van der Waals surface area contributed by atoms with Gasteiger partial charge >= 0.3 is 0 Å². The van der Waals surface area contributed by atoms with Crippen molar-refractivity contribution in [3.63, 3.8) is 0 Å². The van der Waals surface area contributed by atoms with Crippen LogP contribution in [0.2, 0.25) is 0 Å². The molecule has 22 heavy (non-hydrogen) atoms. The number of hydrogen-bond donors (Lipinski definition) is 2. The molecule has 0 saturated heterocycles. The summed E-state index contributed by atoms with van der Waals surface area (Å²) < 4.78 is 0. The number of nitrogens with one attached hydrogen (secondary N) is 1. The van der Waals surface area contributed by atoms with Crippen molar-refractivity contribution < 1.29 is 0 Å². The predicted octanol–water partition coefficient (Wildman–Crippen LogP) is 4.32. The van der Waals surface area contributed by atoms with Crippen molar-refractivity contribution in [2.75, 3.05) is 11.9 Å². The lowest BCUT2D eigenvalue weighted by molar-refractivity contribution is 0.540. The largest absolute Gasteiger partial charge is 0.370 e. The van der Waals surface area contributed by atoms with Gasteiger partial charge < -0.3 is 11.1 Å². The van der Waals surface area contributed by atoms with Gasteiger partial charge in [0.15, 0.2) is 5.96 Å². The van der Waals surface area contributed by atoms with E-state index in [4.69, 9.17) is 5.73 Å². The molecule has 0 fully saturated rings. The molecule has 2 rings (SSSR count). The molecule has 0 bridgehead atoms. The second kappa shape index (κ2) is 8.17. The van der Waals surface area contributed by atoms with Crippen LogP contribution in [0.25, 0.3) is 0 Å². The Kier molecular flexibility index (Phi) is 6.87. The van der Waals surface area contributed by atoms with Crippen LogP contribution in [-0.4, -0.2) is 12.5 Å². The summed E-state index contributed by atoms with van der Waals surface area (Å²) >= 11 is 0. The molecule has 0 saturated carbocycles. The third-order valence-corrected chi connectivity index (χ3v) is 3.49. The first-order chi connectivity index (χ1) is 9.97. The smallest absolute Gasteiger partial charge is 0.193 e. The molecular weight excluding hydrogens is 385 g/mol. The van der Waals surface area contributed by atoms with E-state index in [9.17, 15) is 0 Å². The van der Waals surface area contributed by atoms with E-state index in [1.54, 1.807) is 0 Å². The zero-order valence-corrected chi connectivity index (χ0v) is 15.7. The molecule has 3 N–H and O–H groups in total. The highest BCUT2D eigenvalue weighted by Crippen LogP contribution is 2.24. The normalized spacial score (nSPS) is 11.7. The first-order valence-corrected chi connectivity index (χ1v) is 7.16. The van der Waals surface area contributed by atoms with E-state index < -0.39 is 0 Å². The molecule has 0 aliphatic carbocycles. The topological polar surface area (TPSA) is 50.4 Å². The molecule has 0 heterocycles. The van der Waals surface area contributed by atoms with E-state index in [-0.39, 0.29) is 29.4 Å². The van der Waals surface area contributed by atoms with Crippen LogP contribution in [-0.2, 0) is 5.41 Å². The number of halogens is 1. The summed E-state index contributed by atoms with van der Waals surface area (Å²) in [4.78, 5) is 4.48. The third kappa shape index (κ3) is 5.33. The van der Waals surface area contributed by atoms with Crippen molar-refractivity contribution in [3.8, 4) is 0 Å². The summed E-state index contributed by atoms with van der Waals surface area (Å²) in [5.41, 5.74) is 9.40. The summed E-state index contributed by atoms with van der Waals surface area (Å²) in [5, 5.41) is 3.11. The number of aryl methyl sites for hydroxylation is 1. The van der Waals surface area contributed by atoms with E-state index in [1.807, 2.05) is 30.3 Å². The zero-order valence-electron chi connectivity index (χ0n) is 13.3. The van der Waals surface area contributed by atoms with Crippen molar-refractivity contribution in [2.24, 2.45) is 10.7 Å². The first-order valence-electron chi connectivity index (χ1n) is 7.16. The van der Waals surface area contributed by atoms with Gasteiger partial charge in [-0.3, -0.25) is 4.99 Å². The molecule has 0 amide bonds. The number of guanidine groups is 1. The highest BCUT2D eigenvalue weighted by atomic mass is 127. The molecule has 0 aromatic heterocycles. The minimum Gasteiger partial charge on any atom is -0.370 e. The lowest BCUT2D eigenvalue weighted by Gasteiger charge is -2.23. The molecule has 0 aliphatic rings. The van der Waals surface area contributed by atoms with E-state index in [0.29, 0.717) is 12.5 Å². The van der Waals surface area contributed by atoms with Crippen LogP contribution in [0.4, 0.5) is 5.69 Å². The number of nitrogens with zero attached hydrogens (tertiary/aromatic N) is 1. The molecule has 0 unspecified atom stereocenters. The van der Waals surface area contributed by atoms with Crippen molar-refractivity contribution >= 4 is 35.6 Å². The fourth-order valence-electron chi connectivity index (χ4n) is 2.15. The van der Waals surface area contributed by atoms with Crippen LogP contribution < -0.4 is 11.1 Å². The molecule has 3 nitrogen and oxygen atoms in total. The average molecular weight is 409 g/mol. The van der Waals surface area contributed by atoms with Crippen molar-refractivity contribution in [1.29, 1.82) is 0 Å². The second-order valence-electron chi connectivity index (χ2n) is 5.95. The summed E-state index contributed by atoms with van der Waals surface area (Å²) in [5.74, 6) is 0.446. The zero-order chi connectivity index (χ0) is 15.3. The van der Waals surface area contributed by atoms with Crippen LogP contribution in [0.1, 0.15) is 25.0 Å². The van der Waals surface area contributed by atoms with E-state index >= 15 is 0 Å². The molecule has 4 heteroatoms. The Morgan fingerprint density at radius 3 is 2.41 bits per heavy atom. The molecule has 0 radical (unpaired) electrons. The number of para-hydroxylation sites is 1. The Balaban J connectivity index is 0.00000242. The Bertz CT molecular complexity index is 621. The number of hydrogen-bond acceptors (Lipinski definition) is 1. The van der Waals surface area contributed by atoms with Crippen molar-refractivity contribution in [2.45, 2.75) is 26.2 Å². The maximum absolute atomic E-state index is 5.96. The summed E-state index contributed by atoms with van der Waals surface area (Å²) in [7, 11) is 0. The van der Waals surface area contributed by atoms with Gasteiger partial charge in [-0.15, -0.1) is 24.0 Å². The Morgan fingerprint density at radius 1 is 1.09 bits per heavy atom. The van der Waals surface area contributed by atoms with Gasteiger partial charge in [-0.25, -0.2) is 0 Å². The molecular formula is C18H24IN3. The minimum atomic E-state index is -0.0466. The maximum atomic E-state index is 5.96. The van der Waals surface area contributed by atoms with Gasteiger partial charge in [-0.1, -0.05) is 61.9 Å². The lowest BCUT2D eigenvalue weighted by atomic mass is 9.84. The summed E-state index contributed by atoms with van der Waals surface area (Å²) in [6.07, 6.45) is 0. The van der Waals surface area contributed by atoms with Gasteiger partial charge in [0.1, 0.15) is 0 Å². The fraction of sp³-hybridized carbons (Fsp3) is 0.278. The Morgan fingerprint density at radius 2 is 1.77 bits per heavy atom. The number of anilines is 1. The molecule has 2 aromatic carbocycles. The minimum absolute atomic E-state index is 0. The van der Waals surface area contributed by atoms with Crippen molar-refractivity contribution in [3.05, 3.63) is 65.7 Å². The van der Waals surface area contributed by atoms with E-state index in [2.05, 4.69) is 55.3 Å². The molecule has 118 valence electrons. The first kappa shape index (κ1) is 18.5. The van der Waals surface area contributed by atoms with Crippen molar-refractivity contribution in [1.82, 2.24) is 0 Å². The van der Waals surface area contributed by atoms with Gasteiger partial charge in [-0.2, -0.15) is 0 Å². The Labute approximate surface area is 150 Å². The molecule has 0 atom stereocenters. The number of nitrogens with two attached hydrogens (primary N) is 1. The molecule has 0 spiro atoms. The lowest BCUT2D eigenvalue weighted by Crippen LogP contribution is -2.27. The highest BCUT2D eigenvalue weighted by Gasteiger charge is 2.20. The van der Waals surface area contributed by atoms with Crippen LogP contribution in [0, 0.1) is 6.92 Å². The summed E-state index contributed by atoms with van der Waals surface area (Å²) in [6, 6.07) is 18.4. The number of benzene rings is 2. The van der Waals surface area contributed by atoms with Crippen LogP contribution in [0.3, 0.4) is 0 Å². The standard InChI is InChI=1S/C18H23N3.HI/c1-14-8-7-9-15(12-14)18(2,3)13-20-17(19)21-16-10-5-4-6-11-16;/h4-12H,13H2,1-3H3,(H3,19,20,21);1H. The average Bonchev–Trinajstić information content (AvgIpc) is 2.46. The summed E-state index contributed by atoms with van der Waals surface area (Å²) in [6.45, 7) is 7.11. The third-order valence-electron chi connectivity index (χ3n) is 3.49. The van der Waals surface area contributed by atoms with Gasteiger partial charge in [0, 0.05) is 11.1 Å². The number of aliphatic imine (C=N–C) groups is 1. The SMILES string of the molecule is Cc1cccc(C(C)(C)CN=C(N)Nc2ccccc2)c1.I. The Hall–Kier alpha value is -1.56. The van der Waals surface area contributed by atoms with Gasteiger partial charge in [0.25, 0.3) is 0 Å². The van der Waals surface area contributed by atoms with E-state index in [1.165, 1.54) is 11.1 Å². The maximum Gasteiger partial charge on any atom is 0.193 e. The fourth-order valence-corrected chi connectivity index (χ4v) is 2.15.